The number of nitrogens with zero attached hydrogens (tertiary/aromatic N) is 2. The average molecular weight is 268 g/mol. The lowest BCUT2D eigenvalue weighted by Gasteiger charge is -2.09. The van der Waals surface area contributed by atoms with Crippen LogP contribution >= 0.6 is 0 Å². The summed E-state index contributed by atoms with van der Waals surface area (Å²) in [7, 11) is 0. The van der Waals surface area contributed by atoms with Crippen LogP contribution < -0.4 is 5.73 Å². The van der Waals surface area contributed by atoms with E-state index in [4.69, 9.17) is 5.73 Å². The van der Waals surface area contributed by atoms with Crippen molar-refractivity contribution in [2.45, 2.75) is 19.3 Å². The molecule has 3 aromatic rings. The third-order valence-electron chi connectivity index (χ3n) is 3.92. The molecule has 2 aromatic heterocycles. The van der Waals surface area contributed by atoms with Crippen molar-refractivity contribution in [3.05, 3.63) is 41.2 Å². The second kappa shape index (κ2) is 4.03. The van der Waals surface area contributed by atoms with Crippen LogP contribution in [0.15, 0.2) is 24.3 Å². The molecule has 0 spiro atoms. The number of pyridine rings is 1. The van der Waals surface area contributed by atoms with Crippen LogP contribution in [0.2, 0.25) is 0 Å². The summed E-state index contributed by atoms with van der Waals surface area (Å²) in [6.07, 6.45) is 3.07. The number of anilines is 1. The Morgan fingerprint density at radius 3 is 2.65 bits per heavy atom. The molecule has 0 saturated carbocycles. The molecule has 0 amide bonds. The van der Waals surface area contributed by atoms with Gasteiger partial charge in [-0.2, -0.15) is 5.10 Å². The van der Waals surface area contributed by atoms with Crippen LogP contribution in [0, 0.1) is 5.82 Å². The van der Waals surface area contributed by atoms with E-state index in [9.17, 15) is 4.39 Å². The molecule has 1 aliphatic rings. The van der Waals surface area contributed by atoms with Crippen molar-refractivity contribution in [2.75, 3.05) is 5.73 Å². The first-order chi connectivity index (χ1) is 9.74. The lowest BCUT2D eigenvalue weighted by Crippen LogP contribution is -1.96. The van der Waals surface area contributed by atoms with E-state index in [0.717, 1.165) is 35.9 Å². The van der Waals surface area contributed by atoms with Crippen molar-refractivity contribution >= 4 is 16.9 Å². The number of aromatic nitrogens is 3. The van der Waals surface area contributed by atoms with Crippen molar-refractivity contribution in [2.24, 2.45) is 0 Å². The second-order valence-corrected chi connectivity index (χ2v) is 5.11. The Labute approximate surface area is 114 Å². The van der Waals surface area contributed by atoms with Crippen molar-refractivity contribution in [3.63, 3.8) is 0 Å². The van der Waals surface area contributed by atoms with Crippen LogP contribution in [0.1, 0.15) is 17.5 Å². The third kappa shape index (κ3) is 1.52. The smallest absolute Gasteiger partial charge is 0.158 e. The summed E-state index contributed by atoms with van der Waals surface area (Å²) in [5.41, 5.74) is 10.9. The van der Waals surface area contributed by atoms with Gasteiger partial charge in [-0.3, -0.25) is 5.10 Å². The molecule has 100 valence electrons. The first kappa shape index (κ1) is 11.4. The molecular weight excluding hydrogens is 255 g/mol. The predicted molar refractivity (Wildman–Crippen MR) is 75.7 cm³/mol. The summed E-state index contributed by atoms with van der Waals surface area (Å²) in [6, 6.07) is 6.46. The van der Waals surface area contributed by atoms with Crippen molar-refractivity contribution in [1.29, 1.82) is 0 Å². The number of hydrogen-bond acceptors (Lipinski definition) is 3. The highest BCUT2D eigenvalue weighted by Crippen LogP contribution is 2.37. The van der Waals surface area contributed by atoms with Gasteiger partial charge in [0, 0.05) is 5.56 Å². The zero-order chi connectivity index (χ0) is 13.7. The number of rotatable bonds is 1. The molecule has 1 aromatic carbocycles. The maximum atomic E-state index is 13.1. The van der Waals surface area contributed by atoms with Gasteiger partial charge in [-0.25, -0.2) is 9.37 Å². The first-order valence-electron chi connectivity index (χ1n) is 6.65. The Bertz CT molecular complexity index is 805. The summed E-state index contributed by atoms with van der Waals surface area (Å²) >= 11 is 0. The lowest BCUT2D eigenvalue weighted by atomic mass is 10.0. The molecule has 20 heavy (non-hydrogen) atoms. The standard InChI is InChI=1S/C15H13FN4/c16-9-6-4-8(5-7-9)13-11-3-1-2-10(11)12-14(17)19-20-15(12)18-13/h4-7H,1-3H2,(H3,17,18,19,20). The van der Waals surface area contributed by atoms with Gasteiger partial charge in [0.2, 0.25) is 0 Å². The van der Waals surface area contributed by atoms with Crippen LogP contribution in [0.25, 0.3) is 22.3 Å². The molecule has 0 saturated heterocycles. The highest BCUT2D eigenvalue weighted by Gasteiger charge is 2.23. The minimum atomic E-state index is -0.239. The normalized spacial score (nSPS) is 13.8. The Hall–Kier alpha value is -2.43. The van der Waals surface area contributed by atoms with E-state index in [1.54, 1.807) is 12.1 Å². The summed E-state index contributed by atoms with van der Waals surface area (Å²) in [4.78, 5) is 4.65. The maximum Gasteiger partial charge on any atom is 0.158 e. The fraction of sp³-hybridized carbons (Fsp3) is 0.200. The van der Waals surface area contributed by atoms with E-state index in [-0.39, 0.29) is 5.82 Å². The molecule has 0 aliphatic heterocycles. The van der Waals surface area contributed by atoms with Crippen LogP contribution in [0.5, 0.6) is 0 Å². The summed E-state index contributed by atoms with van der Waals surface area (Å²) in [6.45, 7) is 0. The Morgan fingerprint density at radius 2 is 1.85 bits per heavy atom. The van der Waals surface area contributed by atoms with Crippen molar-refractivity contribution in [1.82, 2.24) is 15.2 Å². The average Bonchev–Trinajstić information content (AvgIpc) is 3.05. The largest absolute Gasteiger partial charge is 0.382 e. The number of fused-ring (bicyclic) bond motifs is 3. The fourth-order valence-corrected chi connectivity index (χ4v) is 3.03. The number of aromatic amines is 1. The lowest BCUT2D eigenvalue weighted by molar-refractivity contribution is 0.628. The molecule has 0 fully saturated rings. The topological polar surface area (TPSA) is 67.6 Å². The summed E-state index contributed by atoms with van der Waals surface area (Å²) in [5, 5.41) is 7.88. The molecule has 0 radical (unpaired) electrons. The van der Waals surface area contributed by atoms with Gasteiger partial charge in [0.05, 0.1) is 11.1 Å². The zero-order valence-electron chi connectivity index (χ0n) is 10.8. The van der Waals surface area contributed by atoms with E-state index in [0.29, 0.717) is 11.5 Å². The van der Waals surface area contributed by atoms with Crippen LogP contribution in [0.4, 0.5) is 10.2 Å². The fourth-order valence-electron chi connectivity index (χ4n) is 3.03. The molecule has 0 atom stereocenters. The minimum Gasteiger partial charge on any atom is -0.382 e. The SMILES string of the molecule is Nc1n[nH]c2nc(-c3ccc(F)cc3)c3c(c12)CCC3. The highest BCUT2D eigenvalue weighted by molar-refractivity contribution is 5.93. The third-order valence-corrected chi connectivity index (χ3v) is 3.92. The number of nitrogen functional groups attached to an aromatic ring is 1. The predicted octanol–water partition coefficient (Wildman–Crippen LogP) is 2.83. The molecular formula is C15H13FN4. The minimum absolute atomic E-state index is 0.239. The molecule has 1 aliphatic carbocycles. The molecule has 4 nitrogen and oxygen atoms in total. The van der Waals surface area contributed by atoms with Gasteiger partial charge >= 0.3 is 0 Å². The van der Waals surface area contributed by atoms with Crippen LogP contribution in [-0.2, 0) is 12.8 Å². The van der Waals surface area contributed by atoms with Crippen LogP contribution in [0.3, 0.4) is 0 Å². The van der Waals surface area contributed by atoms with E-state index in [2.05, 4.69) is 15.2 Å². The van der Waals surface area contributed by atoms with Crippen molar-refractivity contribution < 1.29 is 4.39 Å². The quantitative estimate of drug-likeness (QED) is 0.713. The first-order valence-corrected chi connectivity index (χ1v) is 6.65. The zero-order valence-corrected chi connectivity index (χ0v) is 10.8. The Morgan fingerprint density at radius 1 is 1.10 bits per heavy atom. The molecule has 0 bridgehead atoms. The monoisotopic (exact) mass is 268 g/mol. The molecule has 4 rings (SSSR count). The van der Waals surface area contributed by atoms with Gasteiger partial charge in [0.1, 0.15) is 5.82 Å². The van der Waals surface area contributed by atoms with Gasteiger partial charge in [-0.05, 0) is 54.7 Å². The van der Waals surface area contributed by atoms with Gasteiger partial charge < -0.3 is 5.73 Å². The van der Waals surface area contributed by atoms with E-state index < -0.39 is 0 Å². The second-order valence-electron chi connectivity index (χ2n) is 5.11. The number of H-pyrrole nitrogens is 1. The Kier molecular flexibility index (Phi) is 2.30. The summed E-state index contributed by atoms with van der Waals surface area (Å²) in [5.74, 6) is 0.272. The number of aryl methyl sites for hydroxylation is 1. The van der Waals surface area contributed by atoms with Gasteiger partial charge in [-0.15, -0.1) is 0 Å². The van der Waals surface area contributed by atoms with Crippen LogP contribution in [-0.4, -0.2) is 15.2 Å². The van der Waals surface area contributed by atoms with E-state index in [1.165, 1.54) is 23.3 Å². The van der Waals surface area contributed by atoms with E-state index in [1.807, 2.05) is 0 Å². The molecule has 0 unspecified atom stereocenters. The molecule has 3 N–H and O–H groups in total. The molecule has 5 heteroatoms. The maximum absolute atomic E-state index is 13.1. The number of hydrogen-bond donors (Lipinski definition) is 2. The number of nitrogens with two attached hydrogens (primary N) is 1. The molecule has 2 heterocycles. The van der Waals surface area contributed by atoms with Gasteiger partial charge in [-0.1, -0.05) is 0 Å². The number of halogens is 1. The van der Waals surface area contributed by atoms with Crippen molar-refractivity contribution in [3.8, 4) is 11.3 Å². The Balaban J connectivity index is 2.03. The number of benzene rings is 1. The number of nitrogens with one attached hydrogen (secondary N) is 1. The van der Waals surface area contributed by atoms with E-state index >= 15 is 0 Å². The van der Waals surface area contributed by atoms with Gasteiger partial charge in [0.25, 0.3) is 0 Å². The van der Waals surface area contributed by atoms with Gasteiger partial charge in [0.15, 0.2) is 11.5 Å². The summed E-state index contributed by atoms with van der Waals surface area (Å²) < 4.78 is 13.1. The highest BCUT2D eigenvalue weighted by atomic mass is 19.1.